The average molecular weight is 425 g/mol. The Kier molecular flexibility index (Phi) is 4.36. The minimum Gasteiger partial charge on any atom is -0.296 e. The van der Waals surface area contributed by atoms with Crippen LogP contribution in [0.4, 0.5) is 9.52 Å². The number of benzene rings is 1. The lowest BCUT2D eigenvalue weighted by Crippen LogP contribution is -2.26. The van der Waals surface area contributed by atoms with Crippen molar-refractivity contribution in [1.29, 1.82) is 0 Å². The molecule has 2 aliphatic rings. The maximum atomic E-state index is 14.3. The first-order chi connectivity index (χ1) is 14.3. The number of para-hydroxylation sites is 1. The maximum absolute atomic E-state index is 14.3. The van der Waals surface area contributed by atoms with Crippen LogP contribution >= 0.6 is 11.3 Å². The molecule has 0 saturated heterocycles. The monoisotopic (exact) mass is 424 g/mol. The number of carbonyl (C=O) groups is 2. The number of fused-ring (bicyclic) bond motifs is 2. The van der Waals surface area contributed by atoms with Crippen molar-refractivity contribution in [1.82, 2.24) is 14.8 Å². The van der Waals surface area contributed by atoms with E-state index in [9.17, 15) is 14.0 Å². The van der Waals surface area contributed by atoms with Crippen LogP contribution in [0.2, 0.25) is 0 Å². The second-order valence-corrected chi connectivity index (χ2v) is 9.68. The number of hydrogen-bond acceptors (Lipinski definition) is 5. The van der Waals surface area contributed by atoms with Gasteiger partial charge in [-0.05, 0) is 43.2 Å². The van der Waals surface area contributed by atoms with Gasteiger partial charge < -0.3 is 0 Å². The highest BCUT2D eigenvalue weighted by Gasteiger charge is 2.34. The number of Topliss-reactive ketones (excluding diaryl/α,β-unsaturated/α-hetero) is 1. The molecule has 2 aromatic heterocycles. The molecule has 0 fully saturated rings. The molecule has 2 heterocycles. The van der Waals surface area contributed by atoms with Crippen molar-refractivity contribution < 1.29 is 14.0 Å². The SMILES string of the molecule is CC1(C)CC(=O)c2sc(NC(=O)c3nn(-c4ccccc4F)c4c3CCC4)nc2C1. The molecule has 0 radical (unpaired) electrons. The highest BCUT2D eigenvalue weighted by Crippen LogP contribution is 2.38. The molecule has 0 aliphatic heterocycles. The fourth-order valence-corrected chi connectivity index (χ4v) is 5.29. The molecule has 1 aromatic carbocycles. The van der Waals surface area contributed by atoms with Crippen molar-refractivity contribution in [3.8, 4) is 5.69 Å². The first kappa shape index (κ1) is 19.1. The Balaban J connectivity index is 1.47. The first-order valence-electron chi connectivity index (χ1n) is 10.0. The molecule has 154 valence electrons. The van der Waals surface area contributed by atoms with Crippen LogP contribution in [0, 0.1) is 11.2 Å². The molecular weight excluding hydrogens is 403 g/mol. The molecular formula is C22H21FN4O2S. The van der Waals surface area contributed by atoms with Gasteiger partial charge in [-0.1, -0.05) is 37.3 Å². The number of anilines is 1. The number of rotatable bonds is 3. The summed E-state index contributed by atoms with van der Waals surface area (Å²) >= 11 is 1.22. The van der Waals surface area contributed by atoms with Crippen molar-refractivity contribution in [2.75, 3.05) is 5.32 Å². The zero-order chi connectivity index (χ0) is 21.0. The molecule has 1 amide bonds. The van der Waals surface area contributed by atoms with Crippen molar-refractivity contribution >= 4 is 28.2 Å². The molecule has 5 rings (SSSR count). The summed E-state index contributed by atoms with van der Waals surface area (Å²) in [5.41, 5.74) is 2.99. The highest BCUT2D eigenvalue weighted by molar-refractivity contribution is 7.17. The van der Waals surface area contributed by atoms with Crippen LogP contribution in [0.25, 0.3) is 5.69 Å². The fraction of sp³-hybridized carbons (Fsp3) is 0.364. The van der Waals surface area contributed by atoms with Crippen molar-refractivity contribution in [2.45, 2.75) is 46.0 Å². The summed E-state index contributed by atoms with van der Waals surface area (Å²) in [5, 5.41) is 7.68. The van der Waals surface area contributed by atoms with E-state index >= 15 is 0 Å². The van der Waals surface area contributed by atoms with Crippen LogP contribution < -0.4 is 5.32 Å². The number of aromatic nitrogens is 3. The van der Waals surface area contributed by atoms with E-state index in [-0.39, 0.29) is 22.9 Å². The number of nitrogens with zero attached hydrogens (tertiary/aromatic N) is 3. The quantitative estimate of drug-likeness (QED) is 0.678. The number of carbonyl (C=O) groups excluding carboxylic acids is 2. The van der Waals surface area contributed by atoms with Crippen molar-refractivity contribution in [2.24, 2.45) is 5.41 Å². The fourth-order valence-electron chi connectivity index (χ4n) is 4.37. The summed E-state index contributed by atoms with van der Waals surface area (Å²) < 4.78 is 15.9. The Hall–Kier alpha value is -2.87. The Bertz CT molecular complexity index is 1190. The summed E-state index contributed by atoms with van der Waals surface area (Å²) in [5.74, 6) is -0.680. The van der Waals surface area contributed by atoms with Gasteiger partial charge in [-0.25, -0.2) is 14.1 Å². The van der Waals surface area contributed by atoms with E-state index in [0.29, 0.717) is 34.2 Å². The minimum atomic E-state index is -0.379. The summed E-state index contributed by atoms with van der Waals surface area (Å²) in [7, 11) is 0. The maximum Gasteiger partial charge on any atom is 0.278 e. The molecule has 0 saturated carbocycles. The van der Waals surface area contributed by atoms with E-state index in [1.807, 2.05) is 13.8 Å². The predicted molar refractivity (Wildman–Crippen MR) is 112 cm³/mol. The normalized spacial score (nSPS) is 17.0. The van der Waals surface area contributed by atoms with E-state index < -0.39 is 0 Å². The summed E-state index contributed by atoms with van der Waals surface area (Å²) in [6.45, 7) is 4.09. The van der Waals surface area contributed by atoms with E-state index in [0.717, 1.165) is 36.2 Å². The number of amides is 1. The second-order valence-electron chi connectivity index (χ2n) is 8.68. The van der Waals surface area contributed by atoms with Gasteiger partial charge in [0.2, 0.25) is 0 Å². The third-order valence-corrected chi connectivity index (χ3v) is 6.74. The van der Waals surface area contributed by atoms with Crippen LogP contribution in [-0.2, 0) is 19.3 Å². The Labute approximate surface area is 177 Å². The van der Waals surface area contributed by atoms with Gasteiger partial charge >= 0.3 is 0 Å². The average Bonchev–Trinajstić information content (AvgIpc) is 3.36. The standard InChI is InChI=1S/C22H21FN4O2S/c1-22(2)10-14-19(17(28)11-22)30-21(24-14)25-20(29)18-12-6-5-9-15(12)27(26-18)16-8-4-3-7-13(16)23/h3-4,7-8H,5-6,9-11H2,1-2H3,(H,24,25,29). The van der Waals surface area contributed by atoms with E-state index in [2.05, 4.69) is 15.4 Å². The van der Waals surface area contributed by atoms with E-state index in [1.54, 1.807) is 22.9 Å². The Morgan fingerprint density at radius 3 is 2.83 bits per heavy atom. The van der Waals surface area contributed by atoms with Crippen LogP contribution in [0.1, 0.15) is 63.8 Å². The molecule has 0 unspecified atom stereocenters. The van der Waals surface area contributed by atoms with Gasteiger partial charge in [-0.3, -0.25) is 14.9 Å². The number of nitrogens with one attached hydrogen (secondary N) is 1. The van der Waals surface area contributed by atoms with Crippen molar-refractivity contribution in [3.05, 3.63) is 57.6 Å². The predicted octanol–water partition coefficient (Wildman–Crippen LogP) is 4.36. The topological polar surface area (TPSA) is 76.9 Å². The molecule has 30 heavy (non-hydrogen) atoms. The van der Waals surface area contributed by atoms with Gasteiger partial charge in [0.25, 0.3) is 5.91 Å². The number of thiazole rings is 1. The molecule has 1 N–H and O–H groups in total. The lowest BCUT2D eigenvalue weighted by Gasteiger charge is -2.26. The van der Waals surface area contributed by atoms with E-state index in [4.69, 9.17) is 0 Å². The van der Waals surface area contributed by atoms with Gasteiger partial charge in [0.1, 0.15) is 11.5 Å². The number of ketones is 1. The smallest absolute Gasteiger partial charge is 0.278 e. The number of halogens is 1. The molecule has 0 bridgehead atoms. The Morgan fingerprint density at radius 2 is 2.03 bits per heavy atom. The van der Waals surface area contributed by atoms with Crippen LogP contribution in [0.3, 0.4) is 0 Å². The van der Waals surface area contributed by atoms with E-state index in [1.165, 1.54) is 17.4 Å². The molecule has 0 spiro atoms. The summed E-state index contributed by atoms with van der Waals surface area (Å²) in [4.78, 5) is 30.6. The van der Waals surface area contributed by atoms with Gasteiger partial charge in [-0.2, -0.15) is 5.10 Å². The van der Waals surface area contributed by atoms with Crippen LogP contribution in [0.15, 0.2) is 24.3 Å². The van der Waals surface area contributed by atoms with Crippen LogP contribution in [-0.4, -0.2) is 26.5 Å². The summed E-state index contributed by atoms with van der Waals surface area (Å²) in [6.07, 6.45) is 3.57. The molecule has 6 nitrogen and oxygen atoms in total. The third-order valence-electron chi connectivity index (χ3n) is 5.68. The zero-order valence-electron chi connectivity index (χ0n) is 16.8. The third kappa shape index (κ3) is 3.15. The molecule has 0 atom stereocenters. The van der Waals surface area contributed by atoms with Gasteiger partial charge in [0.15, 0.2) is 16.6 Å². The number of hydrogen-bond donors (Lipinski definition) is 1. The summed E-state index contributed by atoms with van der Waals surface area (Å²) in [6, 6.07) is 6.42. The molecule has 3 aromatic rings. The van der Waals surface area contributed by atoms with Crippen LogP contribution in [0.5, 0.6) is 0 Å². The lowest BCUT2D eigenvalue weighted by atomic mass is 9.78. The first-order valence-corrected chi connectivity index (χ1v) is 10.8. The highest BCUT2D eigenvalue weighted by atomic mass is 32.1. The van der Waals surface area contributed by atoms with Crippen molar-refractivity contribution in [3.63, 3.8) is 0 Å². The zero-order valence-corrected chi connectivity index (χ0v) is 17.6. The van der Waals surface area contributed by atoms with Gasteiger partial charge in [-0.15, -0.1) is 0 Å². The molecule has 8 heteroatoms. The van der Waals surface area contributed by atoms with Gasteiger partial charge in [0.05, 0.1) is 10.6 Å². The largest absolute Gasteiger partial charge is 0.296 e. The molecule has 2 aliphatic carbocycles. The Morgan fingerprint density at radius 1 is 1.23 bits per heavy atom. The lowest BCUT2D eigenvalue weighted by molar-refractivity contribution is 0.0915. The second kappa shape index (κ2) is 6.84. The van der Waals surface area contributed by atoms with Gasteiger partial charge in [0, 0.05) is 17.7 Å². The minimum absolute atomic E-state index is 0.0731.